The van der Waals surface area contributed by atoms with Gasteiger partial charge in [-0.3, -0.25) is 9.89 Å². The molecule has 2 aromatic heterocycles. The largest absolute Gasteiger partial charge is 0.442 e. The van der Waals surface area contributed by atoms with Crippen LogP contribution in [-0.2, 0) is 21.4 Å². The maximum Gasteiger partial charge on any atom is 0.276 e. The molecule has 0 unspecified atom stereocenters. The first-order valence-electron chi connectivity index (χ1n) is 9.65. The van der Waals surface area contributed by atoms with Gasteiger partial charge >= 0.3 is 0 Å². The number of piperidine rings is 1. The summed E-state index contributed by atoms with van der Waals surface area (Å²) in [7, 11) is -3.92. The first-order chi connectivity index (χ1) is 14.8. The number of carbonyl (C=O) groups excluding carboxylic acids is 1. The first kappa shape index (κ1) is 21.2. The van der Waals surface area contributed by atoms with Crippen LogP contribution in [0.2, 0.25) is 0 Å². The second-order valence-corrected chi connectivity index (χ2v) is 9.16. The van der Waals surface area contributed by atoms with Crippen molar-refractivity contribution in [1.29, 1.82) is 0 Å². The molecule has 1 aliphatic rings. The number of aromatic nitrogens is 2. The molecule has 0 saturated carbocycles. The molecule has 1 atom stereocenters. The van der Waals surface area contributed by atoms with Crippen molar-refractivity contribution in [2.45, 2.75) is 24.5 Å². The molecular formula is C20H20F2N4O4S. The Balaban J connectivity index is 1.42. The zero-order chi connectivity index (χ0) is 22.0. The lowest BCUT2D eigenvalue weighted by Crippen LogP contribution is -2.45. The normalized spacial score (nSPS) is 17.5. The summed E-state index contributed by atoms with van der Waals surface area (Å²) in [6, 6.07) is 7.58. The number of benzene rings is 1. The van der Waals surface area contributed by atoms with Gasteiger partial charge in [0.25, 0.3) is 10.0 Å². The van der Waals surface area contributed by atoms with E-state index in [9.17, 15) is 22.0 Å². The van der Waals surface area contributed by atoms with Crippen LogP contribution in [0.3, 0.4) is 0 Å². The highest BCUT2D eigenvalue weighted by atomic mass is 32.2. The number of amides is 1. The summed E-state index contributed by atoms with van der Waals surface area (Å²) in [4.78, 5) is 12.6. The summed E-state index contributed by atoms with van der Waals surface area (Å²) in [5.74, 6) is -2.07. The van der Waals surface area contributed by atoms with Crippen LogP contribution in [0.5, 0.6) is 0 Å². The molecule has 0 spiro atoms. The monoisotopic (exact) mass is 450 g/mol. The van der Waals surface area contributed by atoms with E-state index in [-0.39, 0.29) is 36.2 Å². The number of sulfonamides is 1. The molecule has 2 N–H and O–H groups in total. The molecule has 31 heavy (non-hydrogen) atoms. The highest BCUT2D eigenvalue weighted by Crippen LogP contribution is 2.28. The number of carbonyl (C=O) groups is 1. The Morgan fingerprint density at radius 3 is 2.71 bits per heavy atom. The lowest BCUT2D eigenvalue weighted by Gasteiger charge is -2.30. The van der Waals surface area contributed by atoms with Crippen LogP contribution < -0.4 is 5.32 Å². The highest BCUT2D eigenvalue weighted by molar-refractivity contribution is 7.89. The Hall–Kier alpha value is -3.05. The van der Waals surface area contributed by atoms with Crippen molar-refractivity contribution < 1.29 is 26.4 Å². The molecule has 1 aromatic carbocycles. The van der Waals surface area contributed by atoms with Gasteiger partial charge in [0.2, 0.25) is 11.0 Å². The van der Waals surface area contributed by atoms with Gasteiger partial charge in [-0.05, 0) is 48.7 Å². The van der Waals surface area contributed by atoms with Crippen LogP contribution >= 0.6 is 0 Å². The van der Waals surface area contributed by atoms with Gasteiger partial charge in [0, 0.05) is 31.9 Å². The fraction of sp³-hybridized carbons (Fsp3) is 0.300. The summed E-state index contributed by atoms with van der Waals surface area (Å²) in [5, 5.41) is 8.92. The zero-order valence-electron chi connectivity index (χ0n) is 16.3. The van der Waals surface area contributed by atoms with Gasteiger partial charge in [-0.2, -0.15) is 9.40 Å². The average molecular weight is 450 g/mol. The molecule has 1 amide bonds. The van der Waals surface area contributed by atoms with Crippen LogP contribution in [-0.4, -0.2) is 41.9 Å². The molecular weight excluding hydrogens is 430 g/mol. The number of hydrogen-bond donors (Lipinski definition) is 2. The summed E-state index contributed by atoms with van der Waals surface area (Å²) < 4.78 is 59.3. The molecule has 0 radical (unpaired) electrons. The van der Waals surface area contributed by atoms with Crippen molar-refractivity contribution >= 4 is 15.9 Å². The lowest BCUT2D eigenvalue weighted by molar-refractivity contribution is -0.126. The van der Waals surface area contributed by atoms with Crippen molar-refractivity contribution in [3.05, 3.63) is 59.8 Å². The van der Waals surface area contributed by atoms with E-state index in [1.54, 1.807) is 6.07 Å². The molecule has 3 heterocycles. The summed E-state index contributed by atoms with van der Waals surface area (Å²) >= 11 is 0. The molecule has 0 bridgehead atoms. The van der Waals surface area contributed by atoms with Crippen molar-refractivity contribution in [2.75, 3.05) is 13.1 Å². The fourth-order valence-corrected chi connectivity index (χ4v) is 4.98. The van der Waals surface area contributed by atoms with E-state index in [2.05, 4.69) is 15.5 Å². The minimum absolute atomic E-state index is 0.00817. The summed E-state index contributed by atoms with van der Waals surface area (Å²) in [6.07, 6.45) is 2.53. The molecule has 1 aliphatic heterocycles. The van der Waals surface area contributed by atoms with Gasteiger partial charge in [0.05, 0.1) is 5.92 Å². The number of halogens is 2. The van der Waals surface area contributed by atoms with Gasteiger partial charge in [0.15, 0.2) is 5.76 Å². The quantitative estimate of drug-likeness (QED) is 0.600. The predicted octanol–water partition coefficient (Wildman–Crippen LogP) is 2.67. The minimum Gasteiger partial charge on any atom is -0.442 e. The zero-order valence-corrected chi connectivity index (χ0v) is 17.2. The Morgan fingerprint density at radius 2 is 2.00 bits per heavy atom. The SMILES string of the molecule is O=C(NCc1cc(F)cc(F)c1)[C@H]1CCCN(S(=O)(=O)c2ccc(-c3ccn[nH]3)o2)C1. The standard InChI is InChI=1S/C20H20F2N4O4S/c21-15-8-13(9-16(22)10-15)11-23-20(27)14-2-1-7-26(12-14)31(28,29)19-4-3-18(30-19)17-5-6-24-25-17/h3-6,8-10,14H,1-2,7,11-12H2,(H,23,27)(H,24,25)/t14-/m0/s1. The van der Waals surface area contributed by atoms with Crippen LogP contribution in [0.1, 0.15) is 18.4 Å². The van der Waals surface area contributed by atoms with E-state index in [0.717, 1.165) is 18.2 Å². The van der Waals surface area contributed by atoms with Gasteiger partial charge in [-0.1, -0.05) is 0 Å². The third kappa shape index (κ3) is 4.67. The third-order valence-electron chi connectivity index (χ3n) is 5.09. The maximum absolute atomic E-state index is 13.3. The average Bonchev–Trinajstić information content (AvgIpc) is 3.43. The van der Waals surface area contributed by atoms with Gasteiger partial charge in [0.1, 0.15) is 17.3 Å². The molecule has 1 saturated heterocycles. The first-order valence-corrected chi connectivity index (χ1v) is 11.1. The lowest BCUT2D eigenvalue weighted by atomic mass is 9.99. The molecule has 164 valence electrons. The van der Waals surface area contributed by atoms with Crippen LogP contribution in [0.25, 0.3) is 11.5 Å². The second-order valence-electron chi connectivity index (χ2n) is 7.29. The number of nitrogens with one attached hydrogen (secondary N) is 2. The van der Waals surface area contributed by atoms with Crippen LogP contribution in [0.4, 0.5) is 8.78 Å². The Bertz CT molecular complexity index is 1160. The second kappa shape index (κ2) is 8.60. The van der Waals surface area contributed by atoms with E-state index in [4.69, 9.17) is 4.42 Å². The van der Waals surface area contributed by atoms with Gasteiger partial charge < -0.3 is 9.73 Å². The minimum atomic E-state index is -3.92. The summed E-state index contributed by atoms with van der Waals surface area (Å²) in [5.41, 5.74) is 0.833. The number of furan rings is 1. The van der Waals surface area contributed by atoms with E-state index < -0.39 is 27.6 Å². The number of H-pyrrole nitrogens is 1. The van der Waals surface area contributed by atoms with Crippen LogP contribution in [0, 0.1) is 17.6 Å². The van der Waals surface area contributed by atoms with E-state index in [0.29, 0.717) is 24.3 Å². The van der Waals surface area contributed by atoms with Crippen molar-refractivity contribution in [3.63, 3.8) is 0 Å². The molecule has 1 fully saturated rings. The molecule has 3 aromatic rings. The van der Waals surface area contributed by atoms with Crippen molar-refractivity contribution in [1.82, 2.24) is 19.8 Å². The smallest absolute Gasteiger partial charge is 0.276 e. The summed E-state index contributed by atoms with van der Waals surface area (Å²) in [6.45, 7) is 0.204. The molecule has 4 rings (SSSR count). The molecule has 0 aliphatic carbocycles. The third-order valence-corrected chi connectivity index (χ3v) is 6.83. The van der Waals surface area contributed by atoms with E-state index in [1.807, 2.05) is 0 Å². The Kier molecular flexibility index (Phi) is 5.88. The van der Waals surface area contributed by atoms with Gasteiger partial charge in [-0.25, -0.2) is 17.2 Å². The number of aromatic amines is 1. The van der Waals surface area contributed by atoms with E-state index >= 15 is 0 Å². The predicted molar refractivity (Wildman–Crippen MR) is 106 cm³/mol. The van der Waals surface area contributed by atoms with Crippen molar-refractivity contribution in [2.24, 2.45) is 5.92 Å². The van der Waals surface area contributed by atoms with Crippen LogP contribution in [0.15, 0.2) is 52.1 Å². The molecule has 8 nitrogen and oxygen atoms in total. The number of hydrogen-bond acceptors (Lipinski definition) is 5. The maximum atomic E-state index is 13.3. The topological polar surface area (TPSA) is 108 Å². The Morgan fingerprint density at radius 1 is 1.23 bits per heavy atom. The van der Waals surface area contributed by atoms with E-state index in [1.165, 1.54) is 22.6 Å². The highest BCUT2D eigenvalue weighted by Gasteiger charge is 2.35. The van der Waals surface area contributed by atoms with Gasteiger partial charge in [-0.15, -0.1) is 0 Å². The molecule has 11 heteroatoms. The number of nitrogens with zero attached hydrogens (tertiary/aromatic N) is 2. The Labute approximate surface area is 177 Å². The fourth-order valence-electron chi connectivity index (χ4n) is 3.55. The van der Waals surface area contributed by atoms with Crippen molar-refractivity contribution in [3.8, 4) is 11.5 Å². The number of rotatable bonds is 6.